The van der Waals surface area contributed by atoms with E-state index in [1.807, 2.05) is 30.5 Å². The number of likely N-dealkylation sites (tertiary alicyclic amines) is 1. The number of quaternary nitrogens is 1. The third-order valence-electron chi connectivity index (χ3n) is 4.16. The molecule has 1 saturated heterocycles. The number of amides is 1. The maximum absolute atomic E-state index is 12.3. The number of carbonyl (C=O) groups excluding carboxylic acids is 1. The van der Waals surface area contributed by atoms with Crippen LogP contribution >= 0.6 is 11.3 Å². The van der Waals surface area contributed by atoms with Crippen molar-refractivity contribution in [2.45, 2.75) is 25.8 Å². The number of nitrogens with one attached hydrogen (secondary N) is 2. The van der Waals surface area contributed by atoms with Crippen molar-refractivity contribution in [3.05, 3.63) is 46.0 Å². The Labute approximate surface area is 128 Å². The van der Waals surface area contributed by atoms with Crippen LogP contribution in [-0.2, 0) is 0 Å². The summed E-state index contributed by atoms with van der Waals surface area (Å²) in [5.74, 6) is 0.993. The largest absolute Gasteiger partial charge is 0.463 e. The Morgan fingerprint density at radius 3 is 2.86 bits per heavy atom. The second-order valence-corrected chi connectivity index (χ2v) is 6.49. The minimum absolute atomic E-state index is 0.0256. The van der Waals surface area contributed by atoms with Gasteiger partial charge in [0, 0.05) is 12.8 Å². The topological polar surface area (TPSA) is 46.7 Å². The second-order valence-electron chi connectivity index (χ2n) is 5.58. The third-order valence-corrected chi connectivity index (χ3v) is 5.18. The van der Waals surface area contributed by atoms with Gasteiger partial charge >= 0.3 is 0 Å². The van der Waals surface area contributed by atoms with Gasteiger partial charge in [0.2, 0.25) is 0 Å². The van der Waals surface area contributed by atoms with E-state index in [1.165, 1.54) is 29.1 Å². The predicted octanol–water partition coefficient (Wildman–Crippen LogP) is 1.80. The van der Waals surface area contributed by atoms with E-state index < -0.39 is 0 Å². The van der Waals surface area contributed by atoms with Crippen molar-refractivity contribution in [3.63, 3.8) is 0 Å². The van der Waals surface area contributed by atoms with E-state index in [9.17, 15) is 4.79 Å². The Morgan fingerprint density at radius 1 is 1.43 bits per heavy atom. The van der Waals surface area contributed by atoms with Gasteiger partial charge < -0.3 is 14.6 Å². The Balaban J connectivity index is 1.67. The summed E-state index contributed by atoms with van der Waals surface area (Å²) >= 11 is 1.50. The van der Waals surface area contributed by atoms with Crippen LogP contribution in [-0.4, -0.2) is 25.5 Å². The number of hydrogen-bond donors (Lipinski definition) is 2. The first-order valence-corrected chi connectivity index (χ1v) is 8.34. The first kappa shape index (κ1) is 14.4. The van der Waals surface area contributed by atoms with Gasteiger partial charge in [0.1, 0.15) is 0 Å². The zero-order chi connectivity index (χ0) is 14.7. The smallest absolute Gasteiger partial charge is 0.261 e. The van der Waals surface area contributed by atoms with Gasteiger partial charge in [-0.1, -0.05) is 0 Å². The van der Waals surface area contributed by atoms with E-state index in [0.29, 0.717) is 6.54 Å². The molecule has 0 radical (unpaired) electrons. The lowest BCUT2D eigenvalue weighted by atomic mass is 10.2. The van der Waals surface area contributed by atoms with E-state index in [0.717, 1.165) is 29.3 Å². The molecule has 3 rings (SSSR count). The van der Waals surface area contributed by atoms with Crippen LogP contribution in [0.2, 0.25) is 0 Å². The predicted molar refractivity (Wildman–Crippen MR) is 82.8 cm³/mol. The maximum Gasteiger partial charge on any atom is 0.261 e. The molecule has 2 aromatic heterocycles. The van der Waals surface area contributed by atoms with Crippen LogP contribution in [0, 0.1) is 6.92 Å². The highest BCUT2D eigenvalue weighted by atomic mass is 32.1. The van der Waals surface area contributed by atoms with Gasteiger partial charge in [-0.05, 0) is 36.1 Å². The van der Waals surface area contributed by atoms with Crippen LogP contribution in [0.25, 0.3) is 0 Å². The van der Waals surface area contributed by atoms with Crippen LogP contribution in [0.15, 0.2) is 34.3 Å². The molecule has 1 fully saturated rings. The highest BCUT2D eigenvalue weighted by Gasteiger charge is 2.30. The molecule has 2 N–H and O–H groups in total. The summed E-state index contributed by atoms with van der Waals surface area (Å²) in [6.07, 6.45) is 4.22. The maximum atomic E-state index is 12.3. The fourth-order valence-electron chi connectivity index (χ4n) is 2.99. The molecule has 0 aromatic carbocycles. The number of rotatable bonds is 5. The van der Waals surface area contributed by atoms with Gasteiger partial charge in [-0.15, -0.1) is 11.3 Å². The summed E-state index contributed by atoms with van der Waals surface area (Å²) in [7, 11) is 0. The number of hydrogen-bond acceptors (Lipinski definition) is 3. The van der Waals surface area contributed by atoms with Crippen molar-refractivity contribution in [1.29, 1.82) is 0 Å². The number of carbonyl (C=O) groups is 1. The molecule has 5 heteroatoms. The molecular weight excluding hydrogens is 284 g/mol. The highest BCUT2D eigenvalue weighted by molar-refractivity contribution is 7.12. The summed E-state index contributed by atoms with van der Waals surface area (Å²) in [5, 5.41) is 5.04. The van der Waals surface area contributed by atoms with Crippen molar-refractivity contribution in [1.82, 2.24) is 5.32 Å². The zero-order valence-electron chi connectivity index (χ0n) is 12.2. The lowest BCUT2D eigenvalue weighted by molar-refractivity contribution is -0.919. The molecule has 1 atom stereocenters. The van der Waals surface area contributed by atoms with Crippen LogP contribution < -0.4 is 10.2 Å². The van der Waals surface area contributed by atoms with Gasteiger partial charge in [0.05, 0.1) is 30.8 Å². The summed E-state index contributed by atoms with van der Waals surface area (Å²) in [6.45, 7) is 4.90. The van der Waals surface area contributed by atoms with E-state index in [2.05, 4.69) is 5.32 Å². The van der Waals surface area contributed by atoms with E-state index in [1.54, 1.807) is 6.26 Å². The molecule has 0 spiro atoms. The van der Waals surface area contributed by atoms with E-state index in [-0.39, 0.29) is 11.9 Å². The summed E-state index contributed by atoms with van der Waals surface area (Å²) < 4.78 is 5.59. The van der Waals surface area contributed by atoms with Gasteiger partial charge in [0.15, 0.2) is 11.8 Å². The molecule has 0 aliphatic carbocycles. The molecular formula is C16H21N2O2S+. The minimum Gasteiger partial charge on any atom is -0.463 e. The van der Waals surface area contributed by atoms with E-state index >= 15 is 0 Å². The fraction of sp³-hybridized carbons (Fsp3) is 0.438. The molecule has 0 bridgehead atoms. The Bertz CT molecular complexity index is 585. The summed E-state index contributed by atoms with van der Waals surface area (Å²) in [5.41, 5.74) is 1.04. The molecule has 4 nitrogen and oxygen atoms in total. The molecule has 1 amide bonds. The Kier molecular flexibility index (Phi) is 4.41. The quantitative estimate of drug-likeness (QED) is 0.885. The second kappa shape index (κ2) is 6.45. The normalized spacial score (nSPS) is 17.0. The van der Waals surface area contributed by atoms with Crippen molar-refractivity contribution in [3.8, 4) is 0 Å². The standard InChI is InChI=1S/C16H20N2O2S/c1-12-6-10-21-15(12)16(19)17-11-13(14-5-4-9-20-14)18-7-2-3-8-18/h4-6,9-10,13H,2-3,7-8,11H2,1H3,(H,17,19)/p+1/t13-/m0/s1. The minimum atomic E-state index is 0.0256. The van der Waals surface area contributed by atoms with Crippen LogP contribution in [0.1, 0.15) is 39.9 Å². The molecule has 2 aromatic rings. The molecule has 21 heavy (non-hydrogen) atoms. The monoisotopic (exact) mass is 305 g/mol. The molecule has 1 aliphatic heterocycles. The first-order valence-electron chi connectivity index (χ1n) is 7.46. The van der Waals surface area contributed by atoms with Crippen LogP contribution in [0.5, 0.6) is 0 Å². The molecule has 3 heterocycles. The van der Waals surface area contributed by atoms with Crippen LogP contribution in [0.3, 0.4) is 0 Å². The average molecular weight is 305 g/mol. The number of furan rings is 1. The lowest BCUT2D eigenvalue weighted by Crippen LogP contribution is -3.11. The molecule has 112 valence electrons. The third kappa shape index (κ3) is 3.19. The van der Waals surface area contributed by atoms with Gasteiger partial charge in [-0.25, -0.2) is 0 Å². The van der Waals surface area contributed by atoms with Crippen molar-refractivity contribution < 1.29 is 14.1 Å². The van der Waals surface area contributed by atoms with Gasteiger partial charge in [-0.3, -0.25) is 4.79 Å². The first-order chi connectivity index (χ1) is 10.3. The van der Waals surface area contributed by atoms with Gasteiger partial charge in [0.25, 0.3) is 5.91 Å². The average Bonchev–Trinajstić information content (AvgIpc) is 3.21. The summed E-state index contributed by atoms with van der Waals surface area (Å²) in [4.78, 5) is 14.6. The van der Waals surface area contributed by atoms with Gasteiger partial charge in [-0.2, -0.15) is 0 Å². The van der Waals surface area contributed by atoms with E-state index in [4.69, 9.17) is 4.42 Å². The zero-order valence-corrected chi connectivity index (χ0v) is 13.0. The molecule has 1 aliphatic rings. The number of aryl methyl sites for hydroxylation is 1. The van der Waals surface area contributed by atoms with Crippen molar-refractivity contribution in [2.24, 2.45) is 0 Å². The molecule has 0 saturated carbocycles. The van der Waals surface area contributed by atoms with Crippen molar-refractivity contribution in [2.75, 3.05) is 19.6 Å². The SMILES string of the molecule is Cc1ccsc1C(=O)NC[C@@H](c1ccco1)[NH+]1CCCC1. The van der Waals surface area contributed by atoms with Crippen molar-refractivity contribution >= 4 is 17.2 Å². The highest BCUT2D eigenvalue weighted by Crippen LogP contribution is 2.16. The Morgan fingerprint density at radius 2 is 2.24 bits per heavy atom. The van der Waals surface area contributed by atoms with Crippen LogP contribution in [0.4, 0.5) is 0 Å². The lowest BCUT2D eigenvalue weighted by Gasteiger charge is -2.23. The molecule has 0 unspecified atom stereocenters. The summed E-state index contributed by atoms with van der Waals surface area (Å²) in [6, 6.07) is 6.13. The number of thiophene rings is 1. The Hall–Kier alpha value is -1.59. The fourth-order valence-corrected chi connectivity index (χ4v) is 3.84.